The maximum Gasteiger partial charge on any atom is 0.130 e. The van der Waals surface area contributed by atoms with E-state index in [9.17, 15) is 0 Å². The van der Waals surface area contributed by atoms with E-state index in [1.165, 1.54) is 5.56 Å². The first-order valence-corrected chi connectivity index (χ1v) is 8.96. The molecule has 1 unspecified atom stereocenters. The molecule has 132 valence electrons. The predicted octanol–water partition coefficient (Wildman–Crippen LogP) is 4.50. The molecule has 4 rings (SSSR count). The van der Waals surface area contributed by atoms with Gasteiger partial charge >= 0.3 is 0 Å². The van der Waals surface area contributed by atoms with Gasteiger partial charge in [0.05, 0.1) is 17.1 Å². The number of fused-ring (bicyclic) bond motifs is 1. The third-order valence-corrected chi connectivity index (χ3v) is 4.84. The Hall–Kier alpha value is -2.85. The Bertz CT molecular complexity index is 907. The summed E-state index contributed by atoms with van der Waals surface area (Å²) < 4.78 is 0. The monoisotopic (exact) mass is 345 g/mol. The van der Waals surface area contributed by atoms with Crippen LogP contribution in [-0.2, 0) is 6.42 Å². The molecule has 0 spiro atoms. The number of anilines is 3. The molecule has 0 radical (unpaired) electrons. The number of hydrogen-bond acceptors (Lipinski definition) is 4. The molecule has 0 amide bonds. The van der Waals surface area contributed by atoms with Crippen LogP contribution in [0.1, 0.15) is 28.7 Å². The molecule has 1 aliphatic rings. The second-order valence-corrected chi connectivity index (χ2v) is 6.71. The highest BCUT2D eigenvalue weighted by Gasteiger charge is 2.32. The summed E-state index contributed by atoms with van der Waals surface area (Å²) in [6, 6.07) is 21.0. The smallest absolute Gasteiger partial charge is 0.130 e. The van der Waals surface area contributed by atoms with Crippen molar-refractivity contribution < 1.29 is 5.11 Å². The van der Waals surface area contributed by atoms with Gasteiger partial charge < -0.3 is 15.3 Å². The molecule has 0 bridgehead atoms. The first kappa shape index (κ1) is 16.6. The number of benzene rings is 2. The summed E-state index contributed by atoms with van der Waals surface area (Å²) in [5, 5.41) is 12.8. The fraction of sp³-hybridized carbons (Fsp3) is 0.227. The predicted molar refractivity (Wildman–Crippen MR) is 106 cm³/mol. The van der Waals surface area contributed by atoms with Gasteiger partial charge in [-0.15, -0.1) is 0 Å². The molecule has 1 aliphatic heterocycles. The van der Waals surface area contributed by atoms with Gasteiger partial charge in [-0.1, -0.05) is 42.5 Å². The number of nitrogens with zero attached hydrogens (tertiary/aromatic N) is 2. The average molecular weight is 345 g/mol. The first-order valence-electron chi connectivity index (χ1n) is 8.96. The first-order chi connectivity index (χ1) is 12.7. The van der Waals surface area contributed by atoms with Crippen molar-refractivity contribution in [3.63, 3.8) is 0 Å². The van der Waals surface area contributed by atoms with Gasteiger partial charge in [-0.2, -0.15) is 0 Å². The van der Waals surface area contributed by atoms with Crippen molar-refractivity contribution in [1.82, 2.24) is 4.98 Å². The van der Waals surface area contributed by atoms with Crippen LogP contribution in [0.5, 0.6) is 0 Å². The molecule has 2 heterocycles. The molecule has 3 aromatic rings. The average Bonchev–Trinajstić information content (AvgIpc) is 3.03. The zero-order chi connectivity index (χ0) is 18.1. The lowest BCUT2D eigenvalue weighted by Gasteiger charge is -2.27. The minimum absolute atomic E-state index is 0.0252. The minimum Gasteiger partial charge on any atom is -0.396 e. The second-order valence-electron chi connectivity index (χ2n) is 6.71. The van der Waals surface area contributed by atoms with Crippen LogP contribution in [0.15, 0.2) is 60.7 Å². The molecular formula is C22H23N3O. The summed E-state index contributed by atoms with van der Waals surface area (Å²) in [5.74, 6) is 0. The van der Waals surface area contributed by atoms with Crippen molar-refractivity contribution in [2.75, 3.05) is 16.8 Å². The SMILES string of the molecule is Cc1cc2c(c(C)n1)NC(c1ccccc1)N2c1ccc(CCO)cc1. The Morgan fingerprint density at radius 1 is 1.04 bits per heavy atom. The van der Waals surface area contributed by atoms with Crippen molar-refractivity contribution in [3.8, 4) is 0 Å². The summed E-state index contributed by atoms with van der Waals surface area (Å²) in [7, 11) is 0. The molecule has 4 nitrogen and oxygen atoms in total. The van der Waals surface area contributed by atoms with E-state index in [1.807, 2.05) is 13.0 Å². The maximum absolute atomic E-state index is 9.16. The van der Waals surface area contributed by atoms with E-state index in [2.05, 4.69) is 76.7 Å². The van der Waals surface area contributed by atoms with Crippen molar-refractivity contribution in [2.24, 2.45) is 0 Å². The summed E-state index contributed by atoms with van der Waals surface area (Å²) in [6.45, 7) is 4.25. The largest absolute Gasteiger partial charge is 0.396 e. The summed E-state index contributed by atoms with van der Waals surface area (Å²) in [6.07, 6.45) is 0.705. The summed E-state index contributed by atoms with van der Waals surface area (Å²) in [4.78, 5) is 6.95. The number of rotatable bonds is 4. The lowest BCUT2D eigenvalue weighted by atomic mass is 10.1. The van der Waals surface area contributed by atoms with Gasteiger partial charge in [-0.25, -0.2) is 0 Å². The zero-order valence-corrected chi connectivity index (χ0v) is 15.1. The Balaban J connectivity index is 1.82. The third-order valence-electron chi connectivity index (χ3n) is 4.84. The van der Waals surface area contributed by atoms with Crippen LogP contribution in [0, 0.1) is 13.8 Å². The quantitative estimate of drug-likeness (QED) is 0.731. The number of pyridine rings is 1. The van der Waals surface area contributed by atoms with Crippen molar-refractivity contribution in [1.29, 1.82) is 0 Å². The van der Waals surface area contributed by atoms with E-state index >= 15 is 0 Å². The third kappa shape index (κ3) is 2.93. The highest BCUT2D eigenvalue weighted by atomic mass is 16.2. The van der Waals surface area contributed by atoms with Crippen molar-refractivity contribution >= 4 is 17.1 Å². The normalized spacial score (nSPS) is 15.7. The number of aryl methyl sites for hydroxylation is 2. The van der Waals surface area contributed by atoms with Gasteiger partial charge in [-0.3, -0.25) is 4.98 Å². The molecule has 1 atom stereocenters. The lowest BCUT2D eigenvalue weighted by Crippen LogP contribution is -2.23. The number of aliphatic hydroxyl groups is 1. The molecule has 2 aromatic carbocycles. The lowest BCUT2D eigenvalue weighted by molar-refractivity contribution is 0.299. The standard InChI is InChI=1S/C22H23N3O/c1-15-14-20-21(16(2)23-15)24-22(18-6-4-3-5-7-18)25(20)19-10-8-17(9-11-19)12-13-26/h3-11,14,22,24,26H,12-13H2,1-2H3. The highest BCUT2D eigenvalue weighted by molar-refractivity contribution is 5.84. The van der Waals surface area contributed by atoms with Crippen LogP contribution in [-0.4, -0.2) is 16.7 Å². The van der Waals surface area contributed by atoms with Gasteiger partial charge in [0.2, 0.25) is 0 Å². The van der Waals surface area contributed by atoms with Crippen LogP contribution in [0.3, 0.4) is 0 Å². The van der Waals surface area contributed by atoms with Crippen LogP contribution in [0.2, 0.25) is 0 Å². The van der Waals surface area contributed by atoms with E-state index in [-0.39, 0.29) is 12.8 Å². The van der Waals surface area contributed by atoms with Gasteiger partial charge in [0, 0.05) is 18.0 Å². The maximum atomic E-state index is 9.16. The van der Waals surface area contributed by atoms with E-state index in [0.717, 1.165) is 34.0 Å². The Morgan fingerprint density at radius 2 is 1.77 bits per heavy atom. The van der Waals surface area contributed by atoms with E-state index in [4.69, 9.17) is 5.11 Å². The number of aliphatic hydroxyl groups excluding tert-OH is 1. The topological polar surface area (TPSA) is 48.4 Å². The highest BCUT2D eigenvalue weighted by Crippen LogP contribution is 2.47. The number of aromatic nitrogens is 1. The molecule has 2 N–H and O–H groups in total. The Labute approximate surface area is 154 Å². The Morgan fingerprint density at radius 3 is 2.46 bits per heavy atom. The zero-order valence-electron chi connectivity index (χ0n) is 15.1. The molecule has 0 saturated carbocycles. The van der Waals surface area contributed by atoms with Crippen LogP contribution >= 0.6 is 0 Å². The van der Waals surface area contributed by atoms with Crippen LogP contribution in [0.25, 0.3) is 0 Å². The molecule has 4 heteroatoms. The molecule has 0 fully saturated rings. The molecule has 0 aliphatic carbocycles. The molecule has 0 saturated heterocycles. The number of nitrogens with one attached hydrogen (secondary N) is 1. The molecule has 1 aromatic heterocycles. The Kier molecular flexibility index (Phi) is 4.35. The van der Waals surface area contributed by atoms with Gasteiger partial charge in [0.25, 0.3) is 0 Å². The summed E-state index contributed by atoms with van der Waals surface area (Å²) >= 11 is 0. The second kappa shape index (κ2) is 6.81. The molecular weight excluding hydrogens is 322 g/mol. The van der Waals surface area contributed by atoms with Gasteiger partial charge in [-0.05, 0) is 49.6 Å². The van der Waals surface area contributed by atoms with E-state index < -0.39 is 0 Å². The van der Waals surface area contributed by atoms with Gasteiger partial charge in [0.1, 0.15) is 6.17 Å². The fourth-order valence-electron chi connectivity index (χ4n) is 3.63. The van der Waals surface area contributed by atoms with Gasteiger partial charge in [0.15, 0.2) is 0 Å². The summed E-state index contributed by atoms with van der Waals surface area (Å²) in [5.41, 5.74) is 7.74. The molecule has 26 heavy (non-hydrogen) atoms. The fourth-order valence-corrected chi connectivity index (χ4v) is 3.63. The number of hydrogen-bond donors (Lipinski definition) is 2. The minimum atomic E-state index is 0.0252. The van der Waals surface area contributed by atoms with E-state index in [0.29, 0.717) is 6.42 Å². The van der Waals surface area contributed by atoms with E-state index in [1.54, 1.807) is 0 Å². The van der Waals surface area contributed by atoms with Crippen LogP contribution in [0.4, 0.5) is 17.1 Å². The van der Waals surface area contributed by atoms with Crippen molar-refractivity contribution in [3.05, 3.63) is 83.2 Å². The van der Waals surface area contributed by atoms with Crippen molar-refractivity contribution in [2.45, 2.75) is 26.4 Å². The van der Waals surface area contributed by atoms with Crippen LogP contribution < -0.4 is 10.2 Å².